The highest BCUT2D eigenvalue weighted by Gasteiger charge is 2.22. The second-order valence-corrected chi connectivity index (χ2v) is 13.6. The number of rotatable bonds is 4. The molecule has 0 saturated carbocycles. The van der Waals surface area contributed by atoms with E-state index in [4.69, 9.17) is 8.83 Å². The normalized spacial score (nSPS) is 11.8. The molecule has 52 heavy (non-hydrogen) atoms. The Hall–Kier alpha value is -6.90. The molecule has 11 aromatic rings. The molecular weight excluding hydrogens is 633 g/mol. The van der Waals surface area contributed by atoms with Gasteiger partial charge in [0.1, 0.15) is 22.5 Å². The van der Waals surface area contributed by atoms with Crippen molar-refractivity contribution in [1.82, 2.24) is 0 Å². The Morgan fingerprint density at radius 1 is 0.269 bits per heavy atom. The van der Waals surface area contributed by atoms with E-state index in [9.17, 15) is 0 Å². The van der Waals surface area contributed by atoms with Gasteiger partial charge in [-0.3, -0.25) is 0 Å². The van der Waals surface area contributed by atoms with Gasteiger partial charge >= 0.3 is 0 Å². The van der Waals surface area contributed by atoms with Crippen LogP contribution in [0.4, 0.5) is 0 Å². The maximum atomic E-state index is 6.74. The van der Waals surface area contributed by atoms with Crippen LogP contribution in [-0.2, 0) is 0 Å². The summed E-state index contributed by atoms with van der Waals surface area (Å²) in [5.74, 6) is 0.865. The summed E-state index contributed by atoms with van der Waals surface area (Å²) in [6, 6.07) is 64.9. The first-order valence-electron chi connectivity index (χ1n) is 17.8. The zero-order valence-electron chi connectivity index (χ0n) is 28.1. The molecule has 0 aliphatic rings. The summed E-state index contributed by atoms with van der Waals surface area (Å²) in [7, 11) is 0. The summed E-state index contributed by atoms with van der Waals surface area (Å²) in [5, 5.41) is 10.6. The van der Waals surface area contributed by atoms with Crippen LogP contribution in [-0.4, -0.2) is 0 Å². The Morgan fingerprint density at radius 3 is 1.52 bits per heavy atom. The summed E-state index contributed by atoms with van der Waals surface area (Å²) >= 11 is 0. The minimum atomic E-state index is 0.841. The number of hydrogen-bond donors (Lipinski definition) is 0. The highest BCUT2D eigenvalue weighted by atomic mass is 16.3. The maximum absolute atomic E-state index is 6.74. The van der Waals surface area contributed by atoms with Gasteiger partial charge in [-0.15, -0.1) is 0 Å². The van der Waals surface area contributed by atoms with Crippen LogP contribution in [0.15, 0.2) is 191 Å². The van der Waals surface area contributed by atoms with Crippen molar-refractivity contribution >= 4 is 65.2 Å². The van der Waals surface area contributed by atoms with Crippen LogP contribution in [0.1, 0.15) is 0 Å². The van der Waals surface area contributed by atoms with Crippen molar-refractivity contribution in [3.05, 3.63) is 182 Å². The summed E-state index contributed by atoms with van der Waals surface area (Å²) < 4.78 is 13.3. The van der Waals surface area contributed by atoms with E-state index in [0.29, 0.717) is 0 Å². The van der Waals surface area contributed by atoms with Crippen molar-refractivity contribution in [2.45, 2.75) is 0 Å². The molecule has 0 saturated heterocycles. The fourth-order valence-electron chi connectivity index (χ4n) is 8.38. The number of hydrogen-bond acceptors (Lipinski definition) is 2. The van der Waals surface area contributed by atoms with E-state index in [-0.39, 0.29) is 0 Å². The first-order valence-corrected chi connectivity index (χ1v) is 17.8. The molecule has 0 bridgehead atoms. The summed E-state index contributed by atoms with van der Waals surface area (Å²) in [6.07, 6.45) is 0. The van der Waals surface area contributed by atoms with E-state index in [1.54, 1.807) is 0 Å². The lowest BCUT2D eigenvalue weighted by atomic mass is 9.84. The number of benzene rings is 9. The third-order valence-electron chi connectivity index (χ3n) is 10.7. The molecule has 0 amide bonds. The molecule has 0 spiro atoms. The third-order valence-corrected chi connectivity index (χ3v) is 10.7. The minimum Gasteiger partial charge on any atom is -0.456 e. The largest absolute Gasteiger partial charge is 0.456 e. The fraction of sp³-hybridized carbons (Fsp3) is 0. The van der Waals surface area contributed by atoms with E-state index in [1.807, 2.05) is 12.1 Å². The van der Waals surface area contributed by atoms with Crippen molar-refractivity contribution in [2.24, 2.45) is 0 Å². The average molecular weight is 663 g/mol. The van der Waals surface area contributed by atoms with Crippen molar-refractivity contribution in [3.63, 3.8) is 0 Å². The monoisotopic (exact) mass is 662 g/mol. The lowest BCUT2D eigenvalue weighted by Gasteiger charge is -2.18. The smallest absolute Gasteiger partial charge is 0.143 e. The lowest BCUT2D eigenvalue weighted by molar-refractivity contribution is 0.632. The van der Waals surface area contributed by atoms with Gasteiger partial charge in [-0.05, 0) is 84.4 Å². The van der Waals surface area contributed by atoms with Gasteiger partial charge in [0.15, 0.2) is 0 Å². The molecule has 2 heteroatoms. The van der Waals surface area contributed by atoms with Gasteiger partial charge in [-0.2, -0.15) is 0 Å². The molecule has 242 valence electrons. The quantitative estimate of drug-likeness (QED) is 0.175. The molecule has 11 rings (SSSR count). The average Bonchev–Trinajstić information content (AvgIpc) is 3.76. The topological polar surface area (TPSA) is 26.3 Å². The van der Waals surface area contributed by atoms with Gasteiger partial charge < -0.3 is 8.83 Å². The number of furan rings is 2. The summed E-state index contributed by atoms with van der Waals surface area (Å²) in [6.45, 7) is 0. The lowest BCUT2D eigenvalue weighted by Crippen LogP contribution is -1.91. The van der Waals surface area contributed by atoms with Gasteiger partial charge in [0.25, 0.3) is 0 Å². The van der Waals surface area contributed by atoms with E-state index in [2.05, 4.69) is 170 Å². The van der Waals surface area contributed by atoms with Gasteiger partial charge in [0.05, 0.1) is 0 Å². The molecule has 0 aliphatic carbocycles. The van der Waals surface area contributed by atoms with Crippen LogP contribution in [0, 0.1) is 0 Å². The molecule has 0 radical (unpaired) electrons. The molecule has 2 nitrogen and oxygen atoms in total. The molecule has 2 aromatic heterocycles. The highest BCUT2D eigenvalue weighted by Crippen LogP contribution is 2.47. The predicted octanol–water partition coefficient (Wildman–Crippen LogP) is 14.5. The molecular formula is C50H30O2. The van der Waals surface area contributed by atoms with Gasteiger partial charge in [-0.25, -0.2) is 0 Å². The third kappa shape index (κ3) is 4.31. The van der Waals surface area contributed by atoms with E-state index in [1.165, 1.54) is 49.0 Å². The summed E-state index contributed by atoms with van der Waals surface area (Å²) in [4.78, 5) is 0. The first kappa shape index (κ1) is 28.9. The predicted molar refractivity (Wildman–Crippen MR) is 218 cm³/mol. The Balaban J connectivity index is 1.17. The van der Waals surface area contributed by atoms with E-state index >= 15 is 0 Å². The molecule has 0 N–H and O–H groups in total. The Bertz CT molecular complexity index is 3100. The number of fused-ring (bicyclic) bond motifs is 7. The zero-order chi connectivity index (χ0) is 34.2. The standard InChI is InChI=1S/C50H30O2/c1-3-15-32(16-4-1)48-43-30-45-42(29-46(43)52-50(48)33-17-5-2-6-18-33)41-28-34(26-27-44(41)51-45)47-37-21-9-11-23-39(37)49(40-24-12-10-22-38(40)47)36-25-13-19-31-14-7-8-20-35(31)36/h1-30H. The van der Waals surface area contributed by atoms with Crippen LogP contribution in [0.2, 0.25) is 0 Å². The van der Waals surface area contributed by atoms with Crippen LogP contribution >= 0.6 is 0 Å². The molecule has 0 aliphatic heterocycles. The Kier molecular flexibility index (Phi) is 6.28. The molecule has 2 heterocycles. The Labute approximate surface area is 299 Å². The highest BCUT2D eigenvalue weighted by molar-refractivity contribution is 6.24. The van der Waals surface area contributed by atoms with Crippen LogP contribution in [0.5, 0.6) is 0 Å². The Morgan fingerprint density at radius 2 is 0.808 bits per heavy atom. The van der Waals surface area contributed by atoms with Gasteiger partial charge in [0.2, 0.25) is 0 Å². The summed E-state index contributed by atoms with van der Waals surface area (Å²) in [5.41, 5.74) is 10.7. The molecule has 9 aromatic carbocycles. The van der Waals surface area contributed by atoms with Gasteiger partial charge in [-0.1, -0.05) is 158 Å². The van der Waals surface area contributed by atoms with Crippen molar-refractivity contribution in [3.8, 4) is 44.7 Å². The van der Waals surface area contributed by atoms with Crippen LogP contribution < -0.4 is 0 Å². The van der Waals surface area contributed by atoms with Crippen LogP contribution in [0.25, 0.3) is 110 Å². The zero-order valence-corrected chi connectivity index (χ0v) is 28.1. The second kappa shape index (κ2) is 11.3. The molecule has 0 unspecified atom stereocenters. The van der Waals surface area contributed by atoms with E-state index < -0.39 is 0 Å². The minimum absolute atomic E-state index is 0.841. The first-order chi connectivity index (χ1) is 25.8. The van der Waals surface area contributed by atoms with Gasteiger partial charge in [0, 0.05) is 27.3 Å². The SMILES string of the molecule is c1ccc(-c2oc3cc4c(cc3c2-c2ccccc2)oc2ccc(-c3c5ccccc5c(-c5cccc6ccccc56)c5ccccc35)cc24)cc1. The van der Waals surface area contributed by atoms with E-state index in [0.717, 1.165) is 60.9 Å². The fourth-order valence-corrected chi connectivity index (χ4v) is 8.38. The van der Waals surface area contributed by atoms with Crippen molar-refractivity contribution in [1.29, 1.82) is 0 Å². The van der Waals surface area contributed by atoms with Crippen molar-refractivity contribution in [2.75, 3.05) is 0 Å². The van der Waals surface area contributed by atoms with Crippen LogP contribution in [0.3, 0.4) is 0 Å². The van der Waals surface area contributed by atoms with Crippen molar-refractivity contribution < 1.29 is 8.83 Å². The maximum Gasteiger partial charge on any atom is 0.143 e. The molecule has 0 fully saturated rings. The molecule has 0 atom stereocenters. The second-order valence-electron chi connectivity index (χ2n) is 13.6.